The van der Waals surface area contributed by atoms with Crippen LogP contribution in [0.4, 0.5) is 0 Å². The second-order valence-electron chi connectivity index (χ2n) is 6.63. The summed E-state index contributed by atoms with van der Waals surface area (Å²) in [4.78, 5) is 24.4. The van der Waals surface area contributed by atoms with Gasteiger partial charge in [-0.1, -0.05) is 30.3 Å². The smallest absolute Gasteiger partial charge is 0.344 e. The fourth-order valence-electron chi connectivity index (χ4n) is 2.70. The third-order valence-corrected chi connectivity index (χ3v) is 5.03. The third-order valence-electron chi connectivity index (χ3n) is 4.34. The van der Waals surface area contributed by atoms with Crippen molar-refractivity contribution in [2.45, 2.75) is 6.92 Å². The second kappa shape index (κ2) is 11.1. The lowest BCUT2D eigenvalue weighted by molar-refractivity contribution is -0.123. The monoisotopic (exact) mass is 496 g/mol. The van der Waals surface area contributed by atoms with E-state index in [1.54, 1.807) is 42.5 Å². The molecule has 0 heterocycles. The number of amides is 1. The van der Waals surface area contributed by atoms with E-state index in [2.05, 4.69) is 26.5 Å². The van der Waals surface area contributed by atoms with Crippen LogP contribution in [-0.2, 0) is 4.79 Å². The van der Waals surface area contributed by atoms with E-state index < -0.39 is 11.9 Å². The lowest BCUT2D eigenvalue weighted by Crippen LogP contribution is -2.24. The van der Waals surface area contributed by atoms with Gasteiger partial charge in [-0.05, 0) is 70.4 Å². The van der Waals surface area contributed by atoms with Crippen molar-refractivity contribution in [2.75, 3.05) is 13.7 Å². The number of hydrogen-bond acceptors (Lipinski definition) is 6. The summed E-state index contributed by atoms with van der Waals surface area (Å²) >= 11 is 3.33. The van der Waals surface area contributed by atoms with Gasteiger partial charge in [-0.2, -0.15) is 5.10 Å². The molecule has 0 radical (unpaired) electrons. The van der Waals surface area contributed by atoms with Crippen molar-refractivity contribution in [2.24, 2.45) is 5.10 Å². The maximum absolute atomic E-state index is 12.4. The zero-order valence-corrected chi connectivity index (χ0v) is 19.1. The van der Waals surface area contributed by atoms with Crippen molar-refractivity contribution >= 4 is 34.0 Å². The molecule has 0 fully saturated rings. The summed E-state index contributed by atoms with van der Waals surface area (Å²) in [5.74, 6) is 0.349. The highest BCUT2D eigenvalue weighted by Gasteiger charge is 2.15. The standard InChI is InChI=1S/C24H21BrN2O5/c1-16-7-3-6-10-20(16)31-15-23(28)27-26-14-17-11-12-21(22(13-17)30-2)32-24(29)18-8-4-5-9-19(18)25/h3-14H,15H2,1-2H3,(H,27,28). The number of para-hydroxylation sites is 1. The van der Waals surface area contributed by atoms with Gasteiger partial charge in [-0.25, -0.2) is 10.2 Å². The van der Waals surface area contributed by atoms with Gasteiger partial charge in [0.1, 0.15) is 5.75 Å². The van der Waals surface area contributed by atoms with Crippen LogP contribution in [0, 0.1) is 6.92 Å². The summed E-state index contributed by atoms with van der Waals surface area (Å²) in [5.41, 5.74) is 4.39. The predicted octanol–water partition coefficient (Wildman–Crippen LogP) is 4.51. The summed E-state index contributed by atoms with van der Waals surface area (Å²) in [7, 11) is 1.47. The highest BCUT2D eigenvalue weighted by atomic mass is 79.9. The van der Waals surface area contributed by atoms with E-state index in [1.807, 2.05) is 31.2 Å². The third kappa shape index (κ3) is 6.18. The van der Waals surface area contributed by atoms with Crippen LogP contribution < -0.4 is 19.6 Å². The normalized spacial score (nSPS) is 10.6. The number of hydrogen-bond donors (Lipinski definition) is 1. The molecule has 1 N–H and O–H groups in total. The molecule has 1 amide bonds. The molecule has 3 aromatic rings. The lowest BCUT2D eigenvalue weighted by atomic mass is 10.2. The molecule has 0 aromatic heterocycles. The lowest BCUT2D eigenvalue weighted by Gasteiger charge is -2.10. The Bertz CT molecular complexity index is 1150. The summed E-state index contributed by atoms with van der Waals surface area (Å²) in [6.07, 6.45) is 1.45. The molecule has 0 unspecified atom stereocenters. The Morgan fingerprint density at radius 3 is 2.50 bits per heavy atom. The molecule has 164 valence electrons. The fourth-order valence-corrected chi connectivity index (χ4v) is 3.15. The van der Waals surface area contributed by atoms with Crippen LogP contribution in [0.5, 0.6) is 17.2 Å². The predicted molar refractivity (Wildman–Crippen MR) is 125 cm³/mol. The highest BCUT2D eigenvalue weighted by Crippen LogP contribution is 2.29. The first kappa shape index (κ1) is 23.0. The highest BCUT2D eigenvalue weighted by molar-refractivity contribution is 9.10. The molecule has 3 aromatic carbocycles. The Hall–Kier alpha value is -3.65. The number of methoxy groups -OCH3 is 1. The van der Waals surface area contributed by atoms with Gasteiger partial charge in [0, 0.05) is 4.47 Å². The minimum Gasteiger partial charge on any atom is -0.493 e. The van der Waals surface area contributed by atoms with Gasteiger partial charge in [0.25, 0.3) is 5.91 Å². The van der Waals surface area contributed by atoms with Crippen molar-refractivity contribution in [1.82, 2.24) is 5.43 Å². The molecule has 0 saturated carbocycles. The summed E-state index contributed by atoms with van der Waals surface area (Å²) < 4.78 is 16.9. The van der Waals surface area contributed by atoms with Crippen LogP contribution in [-0.4, -0.2) is 31.8 Å². The first-order valence-corrected chi connectivity index (χ1v) is 10.4. The first-order valence-electron chi connectivity index (χ1n) is 9.63. The zero-order valence-electron chi connectivity index (χ0n) is 17.5. The van der Waals surface area contributed by atoms with Gasteiger partial charge in [-0.15, -0.1) is 0 Å². The number of nitrogens with zero attached hydrogens (tertiary/aromatic N) is 1. The Kier molecular flexibility index (Phi) is 7.99. The average molecular weight is 497 g/mol. The Morgan fingerprint density at radius 1 is 1.00 bits per heavy atom. The van der Waals surface area contributed by atoms with Gasteiger partial charge >= 0.3 is 5.97 Å². The number of rotatable bonds is 8. The number of carbonyl (C=O) groups is 2. The molecule has 7 nitrogen and oxygen atoms in total. The number of ether oxygens (including phenoxy) is 3. The Morgan fingerprint density at radius 2 is 1.75 bits per heavy atom. The van der Waals surface area contributed by atoms with E-state index >= 15 is 0 Å². The molecule has 8 heteroatoms. The quantitative estimate of drug-likeness (QED) is 0.214. The van der Waals surface area contributed by atoms with Crippen LogP contribution in [0.25, 0.3) is 0 Å². The molecule has 32 heavy (non-hydrogen) atoms. The van der Waals surface area contributed by atoms with E-state index in [-0.39, 0.29) is 12.4 Å². The molecule has 0 atom stereocenters. The van der Waals surface area contributed by atoms with E-state index in [1.165, 1.54) is 13.3 Å². The fraction of sp³-hybridized carbons (Fsp3) is 0.125. The molecule has 0 bridgehead atoms. The summed E-state index contributed by atoms with van der Waals surface area (Å²) in [6.45, 7) is 1.74. The van der Waals surface area contributed by atoms with Gasteiger partial charge < -0.3 is 14.2 Å². The van der Waals surface area contributed by atoms with Crippen molar-refractivity contribution < 1.29 is 23.8 Å². The van der Waals surface area contributed by atoms with E-state index in [0.717, 1.165) is 5.56 Å². The number of hydrazone groups is 1. The van der Waals surface area contributed by atoms with Crippen molar-refractivity contribution in [3.63, 3.8) is 0 Å². The second-order valence-corrected chi connectivity index (χ2v) is 7.48. The van der Waals surface area contributed by atoms with E-state index in [9.17, 15) is 9.59 Å². The summed E-state index contributed by atoms with van der Waals surface area (Å²) in [5, 5.41) is 3.93. The first-order chi connectivity index (χ1) is 15.5. The van der Waals surface area contributed by atoms with Crippen LogP contribution >= 0.6 is 15.9 Å². The average Bonchev–Trinajstić information content (AvgIpc) is 2.79. The minimum atomic E-state index is -0.516. The molecule has 0 saturated heterocycles. The maximum atomic E-state index is 12.4. The van der Waals surface area contributed by atoms with Crippen LogP contribution in [0.3, 0.4) is 0 Å². The molecule has 0 aliphatic heterocycles. The van der Waals surface area contributed by atoms with E-state index in [4.69, 9.17) is 14.2 Å². The summed E-state index contributed by atoms with van der Waals surface area (Å²) in [6, 6.07) is 19.3. The zero-order chi connectivity index (χ0) is 22.9. The molecule has 3 rings (SSSR count). The van der Waals surface area contributed by atoms with Crippen LogP contribution in [0.1, 0.15) is 21.5 Å². The molecular weight excluding hydrogens is 476 g/mol. The molecule has 0 aliphatic rings. The number of aryl methyl sites for hydroxylation is 1. The molecule has 0 aliphatic carbocycles. The topological polar surface area (TPSA) is 86.2 Å². The van der Waals surface area contributed by atoms with E-state index in [0.29, 0.717) is 27.1 Å². The van der Waals surface area contributed by atoms with Gasteiger partial charge in [0.2, 0.25) is 0 Å². The Labute approximate surface area is 194 Å². The Balaban J connectivity index is 1.58. The number of benzene rings is 3. The van der Waals surface area contributed by atoms with Crippen molar-refractivity contribution in [3.8, 4) is 17.2 Å². The number of esters is 1. The largest absolute Gasteiger partial charge is 0.493 e. The van der Waals surface area contributed by atoms with Crippen molar-refractivity contribution in [3.05, 3.63) is 87.9 Å². The van der Waals surface area contributed by atoms with Gasteiger partial charge in [0.05, 0.1) is 18.9 Å². The van der Waals surface area contributed by atoms with Gasteiger partial charge in [0.15, 0.2) is 18.1 Å². The van der Waals surface area contributed by atoms with Gasteiger partial charge in [-0.3, -0.25) is 4.79 Å². The maximum Gasteiger partial charge on any atom is 0.344 e. The molecular formula is C24H21BrN2O5. The SMILES string of the molecule is COc1cc(C=NNC(=O)COc2ccccc2C)ccc1OC(=O)c1ccccc1Br. The van der Waals surface area contributed by atoms with Crippen LogP contribution in [0.2, 0.25) is 0 Å². The van der Waals surface area contributed by atoms with Crippen molar-refractivity contribution in [1.29, 1.82) is 0 Å². The molecule has 0 spiro atoms. The number of carbonyl (C=O) groups excluding carboxylic acids is 2. The van der Waals surface area contributed by atoms with Crippen LogP contribution in [0.15, 0.2) is 76.3 Å². The number of nitrogens with one attached hydrogen (secondary N) is 1. The minimum absolute atomic E-state index is 0.157. The number of halogens is 1.